The Hall–Kier alpha value is -3.79. The number of ketones is 1. The van der Waals surface area contributed by atoms with E-state index in [2.05, 4.69) is 15.6 Å². The van der Waals surface area contributed by atoms with Gasteiger partial charge in [-0.25, -0.2) is 9.78 Å². The van der Waals surface area contributed by atoms with E-state index in [9.17, 15) is 14.4 Å². The number of hydrogen-bond acceptors (Lipinski definition) is 7. The van der Waals surface area contributed by atoms with Crippen LogP contribution in [0.15, 0.2) is 61.2 Å². The van der Waals surface area contributed by atoms with Gasteiger partial charge in [0.25, 0.3) is 0 Å². The van der Waals surface area contributed by atoms with Crippen LogP contribution in [0.4, 0.5) is 4.79 Å². The Morgan fingerprint density at radius 2 is 1.90 bits per heavy atom. The van der Waals surface area contributed by atoms with E-state index >= 15 is 0 Å². The molecule has 2 N–H and O–H groups in total. The van der Waals surface area contributed by atoms with Gasteiger partial charge in [0.15, 0.2) is 5.78 Å². The standard InChI is InChI=1S/C32H40N4O5S/c1-32(2,3)41-31(39)35-26(15-18-42-4)30(38)34-19-25-23-11-8-12-27(37)24(23)13-14-28(25)40-29(20-36-17-16-33-21-36)22-9-6-5-7-10-22/h5-7,9-10,13-14,16-17,21,26,29H,8,11-12,15,18-20H2,1-4H3,(H,34,38)(H,35,39). The zero-order valence-corrected chi connectivity index (χ0v) is 25.5. The first-order chi connectivity index (χ1) is 20.1. The highest BCUT2D eigenvalue weighted by Crippen LogP contribution is 2.34. The van der Waals surface area contributed by atoms with E-state index < -0.39 is 17.7 Å². The molecule has 0 fully saturated rings. The predicted octanol–water partition coefficient (Wildman–Crippen LogP) is 5.49. The topological polar surface area (TPSA) is 112 Å². The van der Waals surface area contributed by atoms with Crippen molar-refractivity contribution in [3.05, 3.63) is 83.4 Å². The first-order valence-electron chi connectivity index (χ1n) is 14.3. The van der Waals surface area contributed by atoms with Gasteiger partial charge in [-0.1, -0.05) is 30.3 Å². The number of hydrogen-bond donors (Lipinski definition) is 2. The van der Waals surface area contributed by atoms with E-state index in [-0.39, 0.29) is 24.3 Å². The number of thioether (sulfide) groups is 1. The molecule has 1 aliphatic rings. The van der Waals surface area contributed by atoms with E-state index in [4.69, 9.17) is 9.47 Å². The summed E-state index contributed by atoms with van der Waals surface area (Å²) in [6.45, 7) is 6.02. The van der Waals surface area contributed by atoms with Crippen molar-refractivity contribution >= 4 is 29.5 Å². The number of alkyl carbamates (subject to hydrolysis) is 1. The van der Waals surface area contributed by atoms with Crippen LogP contribution in [0.1, 0.15) is 73.2 Å². The highest BCUT2D eigenvalue weighted by atomic mass is 32.2. The average molecular weight is 593 g/mol. The zero-order valence-electron chi connectivity index (χ0n) is 24.7. The van der Waals surface area contributed by atoms with Gasteiger partial charge in [-0.05, 0) is 75.3 Å². The first kappa shape index (κ1) is 31.2. The predicted molar refractivity (Wildman–Crippen MR) is 164 cm³/mol. The Morgan fingerprint density at radius 3 is 2.60 bits per heavy atom. The third kappa shape index (κ3) is 8.61. The summed E-state index contributed by atoms with van der Waals surface area (Å²) >= 11 is 1.59. The number of Topliss-reactive ketones (excluding diaryl/α,β-unsaturated/α-hetero) is 1. The van der Waals surface area contributed by atoms with Gasteiger partial charge in [-0.15, -0.1) is 0 Å². The highest BCUT2D eigenvalue weighted by Gasteiger charge is 2.27. The van der Waals surface area contributed by atoms with E-state index in [1.54, 1.807) is 45.1 Å². The smallest absolute Gasteiger partial charge is 0.408 e. The molecule has 42 heavy (non-hydrogen) atoms. The van der Waals surface area contributed by atoms with E-state index in [1.807, 2.05) is 59.5 Å². The number of aromatic nitrogens is 2. The fraction of sp³-hybridized carbons (Fsp3) is 0.438. The zero-order chi connectivity index (χ0) is 30.1. The fourth-order valence-corrected chi connectivity index (χ4v) is 5.43. The minimum atomic E-state index is -0.767. The second kappa shape index (κ2) is 14.4. The van der Waals surface area contributed by atoms with Crippen LogP contribution in [0.5, 0.6) is 5.75 Å². The quantitative estimate of drug-likeness (QED) is 0.286. The maximum Gasteiger partial charge on any atom is 0.408 e. The minimum absolute atomic E-state index is 0.0952. The van der Waals surface area contributed by atoms with Crippen LogP contribution < -0.4 is 15.4 Å². The second-order valence-electron chi connectivity index (χ2n) is 11.3. The Labute approximate surface area is 251 Å². The first-order valence-corrected chi connectivity index (χ1v) is 15.7. The lowest BCUT2D eigenvalue weighted by molar-refractivity contribution is -0.123. The molecule has 3 aromatic rings. The van der Waals surface area contributed by atoms with Gasteiger partial charge in [0.2, 0.25) is 5.91 Å². The molecule has 10 heteroatoms. The lowest BCUT2D eigenvalue weighted by atomic mass is 9.86. The van der Waals surface area contributed by atoms with Crippen molar-refractivity contribution in [2.45, 2.75) is 77.3 Å². The molecule has 9 nitrogen and oxygen atoms in total. The molecule has 0 saturated heterocycles. The number of amides is 2. The van der Waals surface area contributed by atoms with Crippen molar-refractivity contribution in [3.8, 4) is 5.75 Å². The molecule has 2 unspecified atom stereocenters. The van der Waals surface area contributed by atoms with Gasteiger partial charge in [-0.2, -0.15) is 11.8 Å². The Balaban J connectivity index is 1.60. The molecule has 0 spiro atoms. The van der Waals surface area contributed by atoms with Gasteiger partial charge >= 0.3 is 6.09 Å². The second-order valence-corrected chi connectivity index (χ2v) is 12.3. The third-order valence-corrected chi connectivity index (χ3v) is 7.60. The van der Waals surface area contributed by atoms with Gasteiger partial charge in [0, 0.05) is 36.5 Å². The molecule has 1 aromatic heterocycles. The van der Waals surface area contributed by atoms with E-state index in [0.717, 1.165) is 23.1 Å². The van der Waals surface area contributed by atoms with Crippen molar-refractivity contribution in [2.75, 3.05) is 12.0 Å². The lowest BCUT2D eigenvalue weighted by Gasteiger charge is -2.26. The molecule has 0 bridgehead atoms. The van der Waals surface area contributed by atoms with Crippen molar-refractivity contribution in [1.82, 2.24) is 20.2 Å². The fourth-order valence-electron chi connectivity index (χ4n) is 4.95. The summed E-state index contributed by atoms with van der Waals surface area (Å²) in [5.74, 6) is 1.07. The molecule has 1 aliphatic carbocycles. The van der Waals surface area contributed by atoms with E-state index in [1.165, 1.54) is 0 Å². The van der Waals surface area contributed by atoms with Crippen LogP contribution in [-0.4, -0.2) is 51.0 Å². The number of carbonyl (C=O) groups excluding carboxylic acids is 3. The largest absolute Gasteiger partial charge is 0.483 e. The lowest BCUT2D eigenvalue weighted by Crippen LogP contribution is -2.48. The molecule has 2 atom stereocenters. The number of rotatable bonds is 12. The summed E-state index contributed by atoms with van der Waals surface area (Å²) in [5.41, 5.74) is 2.67. The molecule has 2 amide bonds. The summed E-state index contributed by atoms with van der Waals surface area (Å²) in [4.78, 5) is 42.9. The summed E-state index contributed by atoms with van der Waals surface area (Å²) in [6, 6.07) is 12.8. The molecule has 0 radical (unpaired) electrons. The molecule has 2 aromatic carbocycles. The van der Waals surface area contributed by atoms with Crippen molar-refractivity contribution in [1.29, 1.82) is 0 Å². The van der Waals surface area contributed by atoms with Crippen LogP contribution in [0.25, 0.3) is 0 Å². The van der Waals surface area contributed by atoms with Crippen LogP contribution in [0, 0.1) is 0 Å². The molecule has 0 saturated carbocycles. The molecule has 4 rings (SSSR count). The minimum Gasteiger partial charge on any atom is -0.483 e. The number of imidazole rings is 1. The van der Waals surface area contributed by atoms with Crippen molar-refractivity contribution < 1.29 is 23.9 Å². The van der Waals surface area contributed by atoms with Crippen molar-refractivity contribution in [2.24, 2.45) is 0 Å². The van der Waals surface area contributed by atoms with Crippen LogP contribution in [0.2, 0.25) is 0 Å². The normalized spacial score (nSPS) is 14.4. The van der Waals surface area contributed by atoms with Crippen molar-refractivity contribution in [3.63, 3.8) is 0 Å². The maximum atomic E-state index is 13.4. The number of benzene rings is 2. The number of nitrogens with zero attached hydrogens (tertiary/aromatic N) is 2. The third-order valence-electron chi connectivity index (χ3n) is 6.95. The molecular weight excluding hydrogens is 552 g/mol. The van der Waals surface area contributed by atoms with Gasteiger partial charge in [-0.3, -0.25) is 9.59 Å². The van der Waals surface area contributed by atoms with Crippen LogP contribution >= 0.6 is 11.8 Å². The van der Waals surface area contributed by atoms with E-state index in [0.29, 0.717) is 42.9 Å². The summed E-state index contributed by atoms with van der Waals surface area (Å²) in [7, 11) is 0. The highest BCUT2D eigenvalue weighted by molar-refractivity contribution is 7.98. The molecule has 0 aliphatic heterocycles. The van der Waals surface area contributed by atoms with Crippen LogP contribution in [0.3, 0.4) is 0 Å². The SMILES string of the molecule is CSCCC(NC(=O)OC(C)(C)C)C(=O)NCc1c(OC(Cn2ccnc2)c2ccccc2)ccc2c1CCCC2=O. The Morgan fingerprint density at radius 1 is 1.12 bits per heavy atom. The summed E-state index contributed by atoms with van der Waals surface area (Å²) < 4.78 is 14.0. The summed E-state index contributed by atoms with van der Waals surface area (Å²) in [6.07, 6.45) is 8.74. The van der Waals surface area contributed by atoms with Crippen LogP contribution in [-0.2, 0) is 29.0 Å². The number of fused-ring (bicyclic) bond motifs is 1. The number of carbonyl (C=O) groups is 3. The monoisotopic (exact) mass is 592 g/mol. The molecular formula is C32H40N4O5S. The molecule has 1 heterocycles. The number of nitrogens with one attached hydrogen (secondary N) is 2. The Bertz CT molecular complexity index is 1360. The average Bonchev–Trinajstić information content (AvgIpc) is 3.47. The Kier molecular flexibility index (Phi) is 10.7. The van der Waals surface area contributed by atoms with Gasteiger partial charge < -0.3 is 24.7 Å². The summed E-state index contributed by atoms with van der Waals surface area (Å²) in [5, 5.41) is 5.74. The maximum absolute atomic E-state index is 13.4. The molecule has 224 valence electrons. The van der Waals surface area contributed by atoms with Gasteiger partial charge in [0.1, 0.15) is 23.5 Å². The number of ether oxygens (including phenoxy) is 2. The van der Waals surface area contributed by atoms with Gasteiger partial charge in [0.05, 0.1) is 12.9 Å².